The number of imide groups is 1. The van der Waals surface area contributed by atoms with Crippen molar-refractivity contribution in [2.75, 3.05) is 19.8 Å². The van der Waals surface area contributed by atoms with Gasteiger partial charge in [0.25, 0.3) is 5.91 Å². The summed E-state index contributed by atoms with van der Waals surface area (Å²) in [7, 11) is 0. The largest absolute Gasteiger partial charge is 0.427 e. The minimum absolute atomic E-state index is 0.0298. The summed E-state index contributed by atoms with van der Waals surface area (Å²) in [6.45, 7) is 0.834. The number of β-amino-alcohol motifs (C(OH)–C–C–N with tert-alkyl or cyclic N) is 1. The summed E-state index contributed by atoms with van der Waals surface area (Å²) in [4.78, 5) is 26.3. The number of hydrogen-bond donors (Lipinski definition) is 1. The van der Waals surface area contributed by atoms with Gasteiger partial charge in [-0.15, -0.1) is 0 Å². The average molecular weight is 317 g/mol. The third kappa shape index (κ3) is 2.16. The topological polar surface area (TPSA) is 76.1 Å². The van der Waals surface area contributed by atoms with Gasteiger partial charge >= 0.3 is 6.09 Å². The van der Waals surface area contributed by atoms with Crippen molar-refractivity contribution >= 4 is 12.0 Å². The van der Waals surface area contributed by atoms with E-state index in [-0.39, 0.29) is 12.5 Å². The number of nitrogens with zero attached hydrogens (tertiary/aromatic N) is 1. The molecule has 4 rings (SSSR count). The molecule has 2 saturated heterocycles. The van der Waals surface area contributed by atoms with Crippen LogP contribution in [0.3, 0.4) is 0 Å². The van der Waals surface area contributed by atoms with E-state index in [1.807, 2.05) is 24.3 Å². The molecule has 2 heterocycles. The molecule has 1 N–H and O–H groups in total. The Balaban J connectivity index is 1.63. The number of carbonyl (C=O) groups excluding carboxylic acids is 2. The fraction of sp³-hybridized carbons (Fsp3) is 0.529. The van der Waals surface area contributed by atoms with Crippen LogP contribution in [0.5, 0.6) is 0 Å². The van der Waals surface area contributed by atoms with Crippen molar-refractivity contribution in [3.63, 3.8) is 0 Å². The number of amides is 2. The van der Waals surface area contributed by atoms with E-state index in [0.717, 1.165) is 16.0 Å². The number of carbonyl (C=O) groups is 2. The molecular weight excluding hydrogens is 298 g/mol. The Morgan fingerprint density at radius 3 is 2.65 bits per heavy atom. The van der Waals surface area contributed by atoms with Crippen molar-refractivity contribution in [2.45, 2.75) is 36.9 Å². The number of fused-ring (bicyclic) bond motifs is 2. The summed E-state index contributed by atoms with van der Waals surface area (Å²) in [6, 6.07) is 7.57. The van der Waals surface area contributed by atoms with Crippen LogP contribution in [0.25, 0.3) is 0 Å². The Morgan fingerprint density at radius 1 is 1.13 bits per heavy atom. The maximum absolute atomic E-state index is 13.0. The average Bonchev–Trinajstić information content (AvgIpc) is 3.03. The molecular formula is C17H19NO5. The quantitative estimate of drug-likeness (QED) is 0.891. The van der Waals surface area contributed by atoms with Crippen LogP contribution in [0.1, 0.15) is 30.4 Å². The Hall–Kier alpha value is -1.92. The fourth-order valence-electron chi connectivity index (χ4n) is 3.79. The van der Waals surface area contributed by atoms with Crippen LogP contribution >= 0.6 is 0 Å². The molecule has 0 aromatic heterocycles. The van der Waals surface area contributed by atoms with Gasteiger partial charge in [-0.2, -0.15) is 0 Å². The SMILES string of the molecule is O=C1OC2(CCc3ccccc32)C(=O)N1CC1(O)CCOCC1. The highest BCUT2D eigenvalue weighted by molar-refractivity contribution is 6.04. The molecule has 3 aliphatic rings. The number of aliphatic hydroxyl groups is 1. The van der Waals surface area contributed by atoms with Gasteiger partial charge < -0.3 is 14.6 Å². The molecule has 1 aromatic carbocycles. The molecule has 6 nitrogen and oxygen atoms in total. The number of hydrogen-bond acceptors (Lipinski definition) is 5. The van der Waals surface area contributed by atoms with Gasteiger partial charge in [0, 0.05) is 38.0 Å². The maximum Gasteiger partial charge on any atom is 0.418 e. The molecule has 0 radical (unpaired) electrons. The van der Waals surface area contributed by atoms with Gasteiger partial charge in [0.05, 0.1) is 12.1 Å². The first-order chi connectivity index (χ1) is 11.0. The van der Waals surface area contributed by atoms with Gasteiger partial charge in [0.2, 0.25) is 5.60 Å². The second-order valence-electron chi connectivity index (χ2n) is 6.58. The lowest BCUT2D eigenvalue weighted by molar-refractivity contribution is -0.141. The summed E-state index contributed by atoms with van der Waals surface area (Å²) < 4.78 is 10.8. The number of benzene rings is 1. The van der Waals surface area contributed by atoms with Gasteiger partial charge in [-0.3, -0.25) is 4.79 Å². The van der Waals surface area contributed by atoms with Crippen molar-refractivity contribution in [3.8, 4) is 0 Å². The van der Waals surface area contributed by atoms with Crippen molar-refractivity contribution in [1.29, 1.82) is 0 Å². The van der Waals surface area contributed by atoms with Crippen LogP contribution in [0.4, 0.5) is 4.79 Å². The molecule has 2 fully saturated rings. The number of rotatable bonds is 2. The van der Waals surface area contributed by atoms with Crippen molar-refractivity contribution in [1.82, 2.24) is 4.90 Å². The molecule has 1 atom stereocenters. The Bertz CT molecular complexity index is 667. The lowest BCUT2D eigenvalue weighted by Gasteiger charge is -2.34. The van der Waals surface area contributed by atoms with Crippen molar-refractivity contribution in [3.05, 3.63) is 35.4 Å². The molecule has 122 valence electrons. The molecule has 1 spiro atoms. The first kappa shape index (κ1) is 14.7. The lowest BCUT2D eigenvalue weighted by atomic mass is 9.92. The standard InChI is InChI=1S/C17H19NO5/c19-14-17(6-5-12-3-1-2-4-13(12)17)23-15(20)18(14)11-16(21)7-9-22-10-8-16/h1-4,21H,5-11H2. The molecule has 1 unspecified atom stereocenters. The van der Waals surface area contributed by atoms with E-state index < -0.39 is 17.3 Å². The van der Waals surface area contributed by atoms with E-state index in [1.54, 1.807) is 0 Å². The summed E-state index contributed by atoms with van der Waals surface area (Å²) in [5.41, 5.74) is -0.466. The van der Waals surface area contributed by atoms with Crippen molar-refractivity contribution < 1.29 is 24.2 Å². The van der Waals surface area contributed by atoms with Gasteiger partial charge in [0.1, 0.15) is 0 Å². The van der Waals surface area contributed by atoms with Crippen LogP contribution in [-0.4, -0.2) is 47.4 Å². The third-order valence-corrected chi connectivity index (χ3v) is 5.15. The number of ether oxygens (including phenoxy) is 2. The van der Waals surface area contributed by atoms with Gasteiger partial charge in [-0.25, -0.2) is 9.69 Å². The van der Waals surface area contributed by atoms with Crippen LogP contribution in [-0.2, 0) is 26.3 Å². The molecule has 0 bridgehead atoms. The second kappa shape index (κ2) is 5.04. The lowest BCUT2D eigenvalue weighted by Crippen LogP contribution is -2.49. The Morgan fingerprint density at radius 2 is 1.87 bits per heavy atom. The van der Waals surface area contributed by atoms with E-state index in [4.69, 9.17) is 9.47 Å². The Labute approximate surface area is 134 Å². The van der Waals surface area contributed by atoms with Gasteiger partial charge in [-0.05, 0) is 12.0 Å². The van der Waals surface area contributed by atoms with Crippen LogP contribution in [0, 0.1) is 0 Å². The molecule has 2 aliphatic heterocycles. The summed E-state index contributed by atoms with van der Waals surface area (Å²) >= 11 is 0. The zero-order valence-corrected chi connectivity index (χ0v) is 12.8. The fourth-order valence-corrected chi connectivity index (χ4v) is 3.79. The first-order valence-electron chi connectivity index (χ1n) is 7.98. The minimum Gasteiger partial charge on any atom is -0.427 e. The van der Waals surface area contributed by atoms with Crippen LogP contribution in [0.15, 0.2) is 24.3 Å². The normalized spacial score (nSPS) is 29.0. The van der Waals surface area contributed by atoms with Gasteiger partial charge in [0.15, 0.2) is 0 Å². The second-order valence-corrected chi connectivity index (χ2v) is 6.58. The predicted molar refractivity (Wildman–Crippen MR) is 79.6 cm³/mol. The highest BCUT2D eigenvalue weighted by atomic mass is 16.6. The van der Waals surface area contributed by atoms with Crippen LogP contribution < -0.4 is 0 Å². The molecule has 2 amide bonds. The highest BCUT2D eigenvalue weighted by Gasteiger charge is 2.58. The predicted octanol–water partition coefficient (Wildman–Crippen LogP) is 1.35. The third-order valence-electron chi connectivity index (χ3n) is 5.15. The minimum atomic E-state index is -1.20. The molecule has 23 heavy (non-hydrogen) atoms. The molecule has 0 saturated carbocycles. The summed E-state index contributed by atoms with van der Waals surface area (Å²) in [5, 5.41) is 10.6. The monoisotopic (exact) mass is 317 g/mol. The van der Waals surface area contributed by atoms with Crippen LogP contribution in [0.2, 0.25) is 0 Å². The smallest absolute Gasteiger partial charge is 0.418 e. The molecule has 1 aliphatic carbocycles. The van der Waals surface area contributed by atoms with Gasteiger partial charge in [-0.1, -0.05) is 24.3 Å². The van der Waals surface area contributed by atoms with E-state index in [0.29, 0.717) is 38.9 Å². The maximum atomic E-state index is 13.0. The summed E-state index contributed by atoms with van der Waals surface area (Å²) in [5.74, 6) is -0.354. The molecule has 6 heteroatoms. The zero-order chi connectivity index (χ0) is 16.1. The number of aryl methyl sites for hydroxylation is 1. The first-order valence-corrected chi connectivity index (χ1v) is 7.98. The van der Waals surface area contributed by atoms with E-state index >= 15 is 0 Å². The Kier molecular flexibility index (Phi) is 3.21. The molecule has 1 aromatic rings. The van der Waals surface area contributed by atoms with Crippen molar-refractivity contribution in [2.24, 2.45) is 0 Å². The van der Waals surface area contributed by atoms with E-state index in [9.17, 15) is 14.7 Å². The zero-order valence-electron chi connectivity index (χ0n) is 12.8. The van der Waals surface area contributed by atoms with E-state index in [1.165, 1.54) is 0 Å². The summed E-state index contributed by atoms with van der Waals surface area (Å²) in [6.07, 6.45) is 1.34. The van der Waals surface area contributed by atoms with E-state index in [2.05, 4.69) is 0 Å². The highest BCUT2D eigenvalue weighted by Crippen LogP contribution is 2.45.